The second-order valence-corrected chi connectivity index (χ2v) is 6.97. The van der Waals surface area contributed by atoms with Crippen LogP contribution in [-0.4, -0.2) is 24.5 Å². The van der Waals surface area contributed by atoms with Gasteiger partial charge in [0.15, 0.2) is 6.10 Å². The summed E-state index contributed by atoms with van der Waals surface area (Å²) in [5, 5.41) is 8.87. The Morgan fingerprint density at radius 2 is 1.72 bits per heavy atom. The summed E-state index contributed by atoms with van der Waals surface area (Å²) >= 11 is 0. The van der Waals surface area contributed by atoms with Gasteiger partial charge in [-0.3, -0.25) is 4.79 Å². The van der Waals surface area contributed by atoms with Crippen LogP contribution in [0.2, 0.25) is 0 Å². The molecule has 0 heterocycles. The molecular formula is C24H26N2O3. The summed E-state index contributed by atoms with van der Waals surface area (Å²) in [6.45, 7) is 6.01. The van der Waals surface area contributed by atoms with E-state index in [1.165, 1.54) is 23.5 Å². The minimum Gasteiger partial charge on any atom is -0.449 e. The van der Waals surface area contributed by atoms with Crippen molar-refractivity contribution in [3.63, 3.8) is 0 Å². The van der Waals surface area contributed by atoms with Crippen molar-refractivity contribution >= 4 is 23.6 Å². The van der Waals surface area contributed by atoms with Crippen molar-refractivity contribution in [2.75, 3.05) is 11.4 Å². The number of para-hydroxylation sites is 1. The molecule has 0 N–H and O–H groups in total. The van der Waals surface area contributed by atoms with Crippen molar-refractivity contribution in [3.8, 4) is 6.07 Å². The fraction of sp³-hybridized carbons (Fsp3) is 0.292. The van der Waals surface area contributed by atoms with Crippen LogP contribution >= 0.6 is 0 Å². The van der Waals surface area contributed by atoms with Gasteiger partial charge < -0.3 is 9.64 Å². The Hall–Kier alpha value is -3.39. The number of carbonyl (C=O) groups is 2. The first kappa shape index (κ1) is 21.9. The van der Waals surface area contributed by atoms with Crippen molar-refractivity contribution < 1.29 is 14.3 Å². The molecule has 0 aliphatic heterocycles. The van der Waals surface area contributed by atoms with Crippen LogP contribution in [0.25, 0.3) is 6.08 Å². The van der Waals surface area contributed by atoms with Gasteiger partial charge in [0, 0.05) is 18.3 Å². The van der Waals surface area contributed by atoms with Crippen molar-refractivity contribution in [3.05, 3.63) is 71.8 Å². The number of hydrogen-bond donors (Lipinski definition) is 0. The lowest BCUT2D eigenvalue weighted by molar-refractivity contribution is -0.149. The van der Waals surface area contributed by atoms with E-state index >= 15 is 0 Å². The van der Waals surface area contributed by atoms with E-state index in [-0.39, 0.29) is 18.9 Å². The van der Waals surface area contributed by atoms with Gasteiger partial charge in [-0.05, 0) is 42.2 Å². The van der Waals surface area contributed by atoms with E-state index in [0.29, 0.717) is 11.6 Å². The van der Waals surface area contributed by atoms with Gasteiger partial charge in [-0.25, -0.2) is 4.79 Å². The van der Waals surface area contributed by atoms with Crippen LogP contribution in [0.15, 0.2) is 60.7 Å². The Kier molecular flexibility index (Phi) is 8.17. The van der Waals surface area contributed by atoms with Gasteiger partial charge in [-0.1, -0.05) is 56.3 Å². The monoisotopic (exact) mass is 390 g/mol. The maximum atomic E-state index is 12.8. The van der Waals surface area contributed by atoms with Gasteiger partial charge in [-0.15, -0.1) is 0 Å². The quantitative estimate of drug-likeness (QED) is 0.484. The third kappa shape index (κ3) is 6.62. The number of ether oxygens (including phenoxy) is 1. The van der Waals surface area contributed by atoms with Crippen LogP contribution in [0.5, 0.6) is 0 Å². The third-order valence-electron chi connectivity index (χ3n) is 4.44. The largest absolute Gasteiger partial charge is 0.449 e. The number of anilines is 1. The summed E-state index contributed by atoms with van der Waals surface area (Å²) in [5.41, 5.74) is 2.77. The summed E-state index contributed by atoms with van der Waals surface area (Å²) < 4.78 is 5.28. The molecule has 2 aromatic rings. The van der Waals surface area contributed by atoms with Crippen LogP contribution in [0, 0.1) is 11.3 Å². The molecule has 0 aromatic heterocycles. The zero-order valence-electron chi connectivity index (χ0n) is 17.0. The molecular weight excluding hydrogens is 364 g/mol. The van der Waals surface area contributed by atoms with Gasteiger partial charge in [0.1, 0.15) is 0 Å². The van der Waals surface area contributed by atoms with E-state index in [2.05, 4.69) is 13.8 Å². The van der Waals surface area contributed by atoms with Gasteiger partial charge in [0.2, 0.25) is 0 Å². The molecule has 29 heavy (non-hydrogen) atoms. The highest BCUT2D eigenvalue weighted by Gasteiger charge is 2.24. The van der Waals surface area contributed by atoms with Crippen LogP contribution in [0.4, 0.5) is 5.69 Å². The van der Waals surface area contributed by atoms with Gasteiger partial charge in [-0.2, -0.15) is 5.26 Å². The predicted octanol–water partition coefficient (Wildman–Crippen LogP) is 4.70. The predicted molar refractivity (Wildman–Crippen MR) is 114 cm³/mol. The minimum absolute atomic E-state index is 0.188. The standard InChI is InChI=1S/C24H26N2O3/c1-18(2)21-13-10-20(11-14-21)12-15-23(27)29-19(3)24(28)26(17-7-16-25)22-8-5-4-6-9-22/h4-6,8-15,18-19H,7,17H2,1-3H3/b15-12+. The molecule has 1 unspecified atom stereocenters. The maximum Gasteiger partial charge on any atom is 0.331 e. The molecule has 0 bridgehead atoms. The van der Waals surface area contributed by atoms with Crippen LogP contribution < -0.4 is 4.90 Å². The van der Waals surface area contributed by atoms with E-state index in [4.69, 9.17) is 10.00 Å². The summed E-state index contributed by atoms with van der Waals surface area (Å²) in [5.74, 6) is -0.514. The number of benzene rings is 2. The third-order valence-corrected chi connectivity index (χ3v) is 4.44. The number of nitriles is 1. The van der Waals surface area contributed by atoms with E-state index in [9.17, 15) is 9.59 Å². The molecule has 0 fully saturated rings. The Morgan fingerprint density at radius 1 is 1.07 bits per heavy atom. The molecule has 5 heteroatoms. The average Bonchev–Trinajstić information content (AvgIpc) is 2.73. The first-order valence-corrected chi connectivity index (χ1v) is 9.64. The molecule has 2 rings (SSSR count). The fourth-order valence-electron chi connectivity index (χ4n) is 2.78. The summed E-state index contributed by atoms with van der Waals surface area (Å²) in [7, 11) is 0. The highest BCUT2D eigenvalue weighted by molar-refractivity contribution is 5.98. The summed E-state index contributed by atoms with van der Waals surface area (Å²) in [4.78, 5) is 26.4. The minimum atomic E-state index is -0.964. The lowest BCUT2D eigenvalue weighted by Crippen LogP contribution is -2.40. The Morgan fingerprint density at radius 3 is 2.31 bits per heavy atom. The van der Waals surface area contributed by atoms with Crippen molar-refractivity contribution in [1.29, 1.82) is 5.26 Å². The average molecular weight is 390 g/mol. The normalized spacial score (nSPS) is 11.8. The van der Waals surface area contributed by atoms with Gasteiger partial charge >= 0.3 is 5.97 Å². The fourth-order valence-corrected chi connectivity index (χ4v) is 2.78. The Balaban J connectivity index is 2.01. The molecule has 1 atom stereocenters. The molecule has 150 valence electrons. The second kappa shape index (κ2) is 10.8. The van der Waals surface area contributed by atoms with Crippen molar-refractivity contribution in [1.82, 2.24) is 0 Å². The molecule has 1 amide bonds. The first-order chi connectivity index (χ1) is 13.9. The zero-order chi connectivity index (χ0) is 21.2. The number of amides is 1. The number of esters is 1. The SMILES string of the molecule is CC(OC(=O)/C=C/c1ccc(C(C)C)cc1)C(=O)N(CCC#N)c1ccccc1. The van der Waals surface area contributed by atoms with Crippen molar-refractivity contribution in [2.24, 2.45) is 0 Å². The van der Waals surface area contributed by atoms with Crippen LogP contribution in [0.3, 0.4) is 0 Å². The van der Waals surface area contributed by atoms with Crippen LogP contribution in [-0.2, 0) is 14.3 Å². The highest BCUT2D eigenvalue weighted by atomic mass is 16.5. The second-order valence-electron chi connectivity index (χ2n) is 6.97. The molecule has 0 aliphatic carbocycles. The molecule has 0 saturated carbocycles. The van der Waals surface area contributed by atoms with E-state index < -0.39 is 12.1 Å². The van der Waals surface area contributed by atoms with Gasteiger partial charge in [0.25, 0.3) is 5.91 Å². The molecule has 0 radical (unpaired) electrons. The first-order valence-electron chi connectivity index (χ1n) is 9.64. The Labute approximate surface area is 172 Å². The topological polar surface area (TPSA) is 70.4 Å². The number of hydrogen-bond acceptors (Lipinski definition) is 4. The molecule has 0 aliphatic rings. The molecule has 0 spiro atoms. The molecule has 2 aromatic carbocycles. The number of carbonyl (C=O) groups excluding carboxylic acids is 2. The van der Waals surface area contributed by atoms with Crippen LogP contribution in [0.1, 0.15) is 44.2 Å². The molecule has 0 saturated heterocycles. The van der Waals surface area contributed by atoms with Crippen molar-refractivity contribution in [2.45, 2.75) is 39.2 Å². The summed E-state index contributed by atoms with van der Waals surface area (Å²) in [6.07, 6.45) is 2.20. The van der Waals surface area contributed by atoms with E-state index in [0.717, 1.165) is 5.56 Å². The zero-order valence-corrected chi connectivity index (χ0v) is 17.0. The lowest BCUT2D eigenvalue weighted by atomic mass is 10.0. The summed E-state index contributed by atoms with van der Waals surface area (Å²) in [6, 6.07) is 19.0. The highest BCUT2D eigenvalue weighted by Crippen LogP contribution is 2.17. The lowest BCUT2D eigenvalue weighted by Gasteiger charge is -2.24. The maximum absolute atomic E-state index is 12.8. The molecule has 5 nitrogen and oxygen atoms in total. The van der Waals surface area contributed by atoms with E-state index in [1.807, 2.05) is 48.5 Å². The number of rotatable bonds is 8. The Bertz CT molecular complexity index is 881. The van der Waals surface area contributed by atoms with E-state index in [1.54, 1.807) is 18.2 Å². The smallest absolute Gasteiger partial charge is 0.331 e. The van der Waals surface area contributed by atoms with Gasteiger partial charge in [0.05, 0.1) is 12.5 Å². The number of nitrogens with zero attached hydrogens (tertiary/aromatic N) is 2.